The van der Waals surface area contributed by atoms with Gasteiger partial charge >= 0.3 is 0 Å². The molecule has 0 heterocycles. The van der Waals surface area contributed by atoms with Gasteiger partial charge < -0.3 is 4.48 Å². The van der Waals surface area contributed by atoms with E-state index in [0.29, 0.717) is 0 Å². The van der Waals surface area contributed by atoms with Crippen LogP contribution in [0.4, 0.5) is 0 Å². The standard InChI is InChI=1S/C36H32N/c1-4-14-29(15-5-1)25-37(26-30-16-6-2-7-17-30,27-31-18-8-3-9-19-31)28-36-34-22-12-10-20-32(34)24-33-21-11-13-23-35(33)36/h1-24H,25-28H2/q+1. The predicted molar refractivity (Wildman–Crippen MR) is 156 cm³/mol. The number of hydrogen-bond acceptors (Lipinski definition) is 0. The van der Waals surface area contributed by atoms with E-state index in [9.17, 15) is 0 Å². The van der Waals surface area contributed by atoms with Crippen molar-refractivity contribution in [2.75, 3.05) is 0 Å². The highest BCUT2D eigenvalue weighted by atomic mass is 15.3. The molecule has 37 heavy (non-hydrogen) atoms. The molecule has 0 saturated carbocycles. The molecule has 6 aromatic carbocycles. The Hall–Kier alpha value is -4.20. The maximum Gasteiger partial charge on any atom is 0.106 e. The van der Waals surface area contributed by atoms with E-state index in [2.05, 4.69) is 146 Å². The van der Waals surface area contributed by atoms with Crippen LogP contribution in [-0.4, -0.2) is 4.48 Å². The van der Waals surface area contributed by atoms with E-state index in [1.165, 1.54) is 43.8 Å². The van der Waals surface area contributed by atoms with Crippen LogP contribution in [0.3, 0.4) is 0 Å². The van der Waals surface area contributed by atoms with Crippen LogP contribution in [0.2, 0.25) is 0 Å². The van der Waals surface area contributed by atoms with Gasteiger partial charge in [0.15, 0.2) is 0 Å². The lowest BCUT2D eigenvalue weighted by molar-refractivity contribution is -0.978. The molecule has 0 N–H and O–H groups in total. The molecule has 0 atom stereocenters. The third-order valence-electron chi connectivity index (χ3n) is 7.46. The predicted octanol–water partition coefficient (Wildman–Crippen LogP) is 8.91. The Morgan fingerprint density at radius 1 is 0.351 bits per heavy atom. The van der Waals surface area contributed by atoms with Crippen molar-refractivity contribution < 1.29 is 4.48 Å². The Kier molecular flexibility index (Phi) is 6.54. The van der Waals surface area contributed by atoms with Crippen molar-refractivity contribution in [2.45, 2.75) is 26.2 Å². The molecule has 1 nitrogen and oxygen atoms in total. The zero-order valence-corrected chi connectivity index (χ0v) is 21.1. The fourth-order valence-corrected chi connectivity index (χ4v) is 5.86. The minimum absolute atomic E-state index is 0.913. The molecule has 0 aliphatic carbocycles. The van der Waals surface area contributed by atoms with Gasteiger partial charge in [0.2, 0.25) is 0 Å². The van der Waals surface area contributed by atoms with E-state index >= 15 is 0 Å². The average molecular weight is 479 g/mol. The van der Waals surface area contributed by atoms with Crippen LogP contribution in [0.15, 0.2) is 146 Å². The second kappa shape index (κ2) is 10.4. The van der Waals surface area contributed by atoms with Gasteiger partial charge in [-0.3, -0.25) is 0 Å². The molecule has 0 bridgehead atoms. The van der Waals surface area contributed by atoms with Crippen molar-refractivity contribution in [3.05, 3.63) is 168 Å². The summed E-state index contributed by atoms with van der Waals surface area (Å²) in [6.07, 6.45) is 0. The minimum Gasteiger partial charge on any atom is -0.309 e. The number of hydrogen-bond donors (Lipinski definition) is 0. The van der Waals surface area contributed by atoms with Crippen molar-refractivity contribution in [3.8, 4) is 0 Å². The van der Waals surface area contributed by atoms with Crippen LogP contribution in [0, 0.1) is 0 Å². The highest BCUT2D eigenvalue weighted by Gasteiger charge is 2.31. The van der Waals surface area contributed by atoms with Gasteiger partial charge in [-0.05, 0) is 27.6 Å². The summed E-state index contributed by atoms with van der Waals surface area (Å²) in [5, 5.41) is 5.35. The van der Waals surface area contributed by atoms with E-state index < -0.39 is 0 Å². The summed E-state index contributed by atoms with van der Waals surface area (Å²) < 4.78 is 0.913. The quantitative estimate of drug-likeness (QED) is 0.151. The van der Waals surface area contributed by atoms with Crippen molar-refractivity contribution in [1.29, 1.82) is 0 Å². The summed E-state index contributed by atoms with van der Waals surface area (Å²) in [6.45, 7) is 3.83. The van der Waals surface area contributed by atoms with E-state index in [4.69, 9.17) is 0 Å². The largest absolute Gasteiger partial charge is 0.309 e. The Labute approximate surface area is 219 Å². The fraction of sp³-hybridized carbons (Fsp3) is 0.111. The Morgan fingerprint density at radius 3 is 1.11 bits per heavy atom. The number of nitrogens with zero attached hydrogens (tertiary/aromatic N) is 1. The first-order chi connectivity index (χ1) is 18.3. The lowest BCUT2D eigenvalue weighted by Gasteiger charge is -2.40. The van der Waals surface area contributed by atoms with Crippen LogP contribution >= 0.6 is 0 Å². The van der Waals surface area contributed by atoms with E-state index in [1.807, 2.05) is 0 Å². The summed E-state index contributed by atoms with van der Waals surface area (Å²) in [6, 6.07) is 53.2. The van der Waals surface area contributed by atoms with Gasteiger partial charge in [0.1, 0.15) is 26.2 Å². The monoisotopic (exact) mass is 478 g/mol. The molecular formula is C36H32N+. The van der Waals surface area contributed by atoms with Gasteiger partial charge in [-0.1, -0.05) is 140 Å². The van der Waals surface area contributed by atoms with E-state index in [0.717, 1.165) is 30.7 Å². The van der Waals surface area contributed by atoms with Gasteiger partial charge in [-0.25, -0.2) is 0 Å². The molecule has 0 saturated heterocycles. The summed E-state index contributed by atoms with van der Waals surface area (Å²) in [4.78, 5) is 0. The molecule has 6 aromatic rings. The molecule has 0 aliphatic heterocycles. The lowest BCUT2D eigenvalue weighted by Crippen LogP contribution is -2.45. The summed E-state index contributed by atoms with van der Waals surface area (Å²) in [7, 11) is 0. The third kappa shape index (κ3) is 5.18. The minimum atomic E-state index is 0.913. The second-order valence-electron chi connectivity index (χ2n) is 10.2. The molecule has 180 valence electrons. The Balaban J connectivity index is 1.56. The molecule has 6 rings (SSSR count). The smallest absolute Gasteiger partial charge is 0.106 e. The van der Waals surface area contributed by atoms with Crippen molar-refractivity contribution in [1.82, 2.24) is 0 Å². The van der Waals surface area contributed by atoms with Gasteiger partial charge in [0.05, 0.1) is 0 Å². The summed E-state index contributed by atoms with van der Waals surface area (Å²) in [5.41, 5.74) is 5.56. The highest BCUT2D eigenvalue weighted by molar-refractivity contribution is 6.02. The molecule has 1 heteroatoms. The molecule has 0 unspecified atom stereocenters. The first-order valence-corrected chi connectivity index (χ1v) is 13.1. The molecule has 0 aliphatic rings. The molecule has 0 spiro atoms. The molecule has 0 fully saturated rings. The summed E-state index contributed by atoms with van der Waals surface area (Å²) >= 11 is 0. The molecular weight excluding hydrogens is 446 g/mol. The van der Waals surface area contributed by atoms with Crippen molar-refractivity contribution in [2.24, 2.45) is 0 Å². The number of quaternary nitrogens is 1. The van der Waals surface area contributed by atoms with Gasteiger partial charge in [-0.15, -0.1) is 0 Å². The molecule has 0 aromatic heterocycles. The van der Waals surface area contributed by atoms with Crippen LogP contribution in [-0.2, 0) is 26.2 Å². The Bertz CT molecular complexity index is 1450. The van der Waals surface area contributed by atoms with Gasteiger partial charge in [0.25, 0.3) is 0 Å². The van der Waals surface area contributed by atoms with E-state index in [1.54, 1.807) is 0 Å². The van der Waals surface area contributed by atoms with Crippen molar-refractivity contribution in [3.63, 3.8) is 0 Å². The SMILES string of the molecule is c1ccc(C[N+](Cc2ccccc2)(Cc2ccccc2)Cc2c3ccccc3cc3ccccc23)cc1. The number of fused-ring (bicyclic) bond motifs is 2. The van der Waals surface area contributed by atoms with Crippen LogP contribution in [0.1, 0.15) is 22.3 Å². The fourth-order valence-electron chi connectivity index (χ4n) is 5.86. The lowest BCUT2D eigenvalue weighted by atomic mass is 9.94. The van der Waals surface area contributed by atoms with Gasteiger partial charge in [-0.2, -0.15) is 0 Å². The second-order valence-corrected chi connectivity index (χ2v) is 10.2. The van der Waals surface area contributed by atoms with Crippen LogP contribution in [0.5, 0.6) is 0 Å². The highest BCUT2D eigenvalue weighted by Crippen LogP contribution is 2.34. The number of benzene rings is 6. The van der Waals surface area contributed by atoms with Gasteiger partial charge in [0, 0.05) is 22.3 Å². The summed E-state index contributed by atoms with van der Waals surface area (Å²) in [5.74, 6) is 0. The zero-order chi connectivity index (χ0) is 24.9. The topological polar surface area (TPSA) is 0 Å². The maximum atomic E-state index is 2.34. The maximum absolute atomic E-state index is 2.34. The third-order valence-corrected chi connectivity index (χ3v) is 7.46. The average Bonchev–Trinajstić information content (AvgIpc) is 2.94. The zero-order valence-electron chi connectivity index (χ0n) is 21.1. The first-order valence-electron chi connectivity index (χ1n) is 13.1. The van der Waals surface area contributed by atoms with E-state index in [-0.39, 0.29) is 0 Å². The first kappa shape index (κ1) is 23.2. The number of rotatable bonds is 8. The van der Waals surface area contributed by atoms with Crippen LogP contribution < -0.4 is 0 Å². The van der Waals surface area contributed by atoms with Crippen LogP contribution in [0.25, 0.3) is 21.5 Å². The molecule has 0 amide bonds. The van der Waals surface area contributed by atoms with Crippen molar-refractivity contribution >= 4 is 21.5 Å². The molecule has 0 radical (unpaired) electrons. The normalized spacial score (nSPS) is 11.7. The Morgan fingerprint density at radius 2 is 0.703 bits per heavy atom.